The van der Waals surface area contributed by atoms with Crippen molar-refractivity contribution in [3.8, 4) is 0 Å². The van der Waals surface area contributed by atoms with Crippen LogP contribution in [0.5, 0.6) is 0 Å². The summed E-state index contributed by atoms with van der Waals surface area (Å²) >= 11 is 5.75. The number of nitrogens with one attached hydrogen (secondary N) is 1. The molecule has 0 spiro atoms. The molecule has 0 heterocycles. The number of hydrogen-bond acceptors (Lipinski definition) is 4. The molecule has 0 aromatic heterocycles. The third-order valence-electron chi connectivity index (χ3n) is 3.08. The van der Waals surface area contributed by atoms with Gasteiger partial charge in [0.05, 0.1) is 10.5 Å². The van der Waals surface area contributed by atoms with Crippen molar-refractivity contribution in [1.29, 1.82) is 0 Å². The Labute approximate surface area is 124 Å². The lowest BCUT2D eigenvalue weighted by Gasteiger charge is -2.25. The zero-order valence-corrected chi connectivity index (χ0v) is 12.8. The zero-order chi connectivity index (χ0) is 15.3. The van der Waals surface area contributed by atoms with Gasteiger partial charge in [-0.2, -0.15) is 0 Å². The Kier molecular flexibility index (Phi) is 5.77. The van der Waals surface area contributed by atoms with Crippen molar-refractivity contribution >= 4 is 23.0 Å². The smallest absolute Gasteiger partial charge is 0.293 e. The minimum Gasteiger partial charge on any atom is -0.388 e. The highest BCUT2D eigenvalue weighted by atomic mass is 35.5. The first-order chi connectivity index (χ1) is 9.21. The van der Waals surface area contributed by atoms with Crippen LogP contribution in [0.2, 0.25) is 5.02 Å². The summed E-state index contributed by atoms with van der Waals surface area (Å²) in [6.07, 6.45) is 1.54. The normalized spacial score (nSPS) is 14.1. The summed E-state index contributed by atoms with van der Waals surface area (Å²) in [6.45, 7) is 6.16. The molecule has 2 N–H and O–H groups in total. The van der Waals surface area contributed by atoms with Crippen LogP contribution in [0.15, 0.2) is 18.2 Å². The number of aliphatic hydroxyl groups is 1. The fraction of sp³-hybridized carbons (Fsp3) is 0.571. The summed E-state index contributed by atoms with van der Waals surface area (Å²) in [6, 6.07) is 4.44. The molecule has 0 bridgehead atoms. The molecule has 0 saturated carbocycles. The first-order valence-electron chi connectivity index (χ1n) is 6.61. The maximum atomic E-state index is 11.0. The summed E-state index contributed by atoms with van der Waals surface area (Å²) in [5.41, 5.74) is -0.626. The molecule has 1 aromatic rings. The highest BCUT2D eigenvalue weighted by molar-refractivity contribution is 6.30. The average Bonchev–Trinajstić information content (AvgIpc) is 2.35. The van der Waals surface area contributed by atoms with E-state index in [4.69, 9.17) is 11.6 Å². The third-order valence-corrected chi connectivity index (χ3v) is 3.31. The topological polar surface area (TPSA) is 75.4 Å². The van der Waals surface area contributed by atoms with Crippen LogP contribution in [0.1, 0.15) is 33.6 Å². The predicted octanol–water partition coefficient (Wildman–Crippen LogP) is 3.85. The Morgan fingerprint density at radius 3 is 2.70 bits per heavy atom. The van der Waals surface area contributed by atoms with E-state index in [2.05, 4.69) is 19.2 Å². The number of nitro groups is 1. The van der Waals surface area contributed by atoms with E-state index in [9.17, 15) is 15.2 Å². The van der Waals surface area contributed by atoms with E-state index in [-0.39, 0.29) is 12.2 Å². The minimum atomic E-state index is -0.905. The van der Waals surface area contributed by atoms with E-state index in [0.29, 0.717) is 23.0 Å². The summed E-state index contributed by atoms with van der Waals surface area (Å²) in [7, 11) is 0. The second-order valence-electron chi connectivity index (χ2n) is 5.70. The number of nitrogens with zero attached hydrogens (tertiary/aromatic N) is 1. The van der Waals surface area contributed by atoms with Gasteiger partial charge in [0, 0.05) is 17.6 Å². The van der Waals surface area contributed by atoms with E-state index in [1.165, 1.54) is 6.07 Å². The Balaban J connectivity index is 2.72. The van der Waals surface area contributed by atoms with E-state index in [1.54, 1.807) is 19.1 Å². The number of rotatable bonds is 7. The molecular weight excluding hydrogens is 280 g/mol. The Hall–Kier alpha value is -1.33. The Bertz CT molecular complexity index is 475. The van der Waals surface area contributed by atoms with Crippen molar-refractivity contribution < 1.29 is 10.0 Å². The van der Waals surface area contributed by atoms with Gasteiger partial charge in [-0.1, -0.05) is 25.4 Å². The zero-order valence-electron chi connectivity index (χ0n) is 12.0. The van der Waals surface area contributed by atoms with E-state index >= 15 is 0 Å². The molecule has 0 aliphatic rings. The average molecular weight is 301 g/mol. The van der Waals surface area contributed by atoms with Gasteiger partial charge in [0.15, 0.2) is 0 Å². The van der Waals surface area contributed by atoms with Gasteiger partial charge in [-0.15, -0.1) is 0 Å². The monoisotopic (exact) mass is 300 g/mol. The third kappa shape index (κ3) is 5.35. The van der Waals surface area contributed by atoms with Gasteiger partial charge in [-0.3, -0.25) is 10.1 Å². The number of anilines is 1. The molecule has 112 valence electrons. The summed E-state index contributed by atoms with van der Waals surface area (Å²) in [5, 5.41) is 24.5. The Morgan fingerprint density at radius 2 is 2.15 bits per heavy atom. The van der Waals surface area contributed by atoms with E-state index in [1.807, 2.05) is 0 Å². The highest BCUT2D eigenvalue weighted by Crippen LogP contribution is 2.28. The molecule has 0 fully saturated rings. The quantitative estimate of drug-likeness (QED) is 0.592. The first-order valence-corrected chi connectivity index (χ1v) is 6.99. The largest absolute Gasteiger partial charge is 0.388 e. The van der Waals surface area contributed by atoms with Crippen LogP contribution in [-0.2, 0) is 0 Å². The maximum Gasteiger partial charge on any atom is 0.293 e. The Morgan fingerprint density at radius 1 is 1.50 bits per heavy atom. The van der Waals surface area contributed by atoms with Crippen LogP contribution in [0.4, 0.5) is 11.4 Å². The van der Waals surface area contributed by atoms with E-state index in [0.717, 1.165) is 6.42 Å². The number of halogens is 1. The van der Waals surface area contributed by atoms with Gasteiger partial charge in [-0.25, -0.2) is 0 Å². The van der Waals surface area contributed by atoms with Crippen molar-refractivity contribution in [2.24, 2.45) is 5.92 Å². The van der Waals surface area contributed by atoms with Crippen LogP contribution >= 0.6 is 11.6 Å². The fourth-order valence-electron chi connectivity index (χ4n) is 1.78. The van der Waals surface area contributed by atoms with Gasteiger partial charge in [-0.05, 0) is 37.8 Å². The fourth-order valence-corrected chi connectivity index (χ4v) is 1.95. The maximum absolute atomic E-state index is 11.0. The van der Waals surface area contributed by atoms with Crippen LogP contribution in [0.25, 0.3) is 0 Å². The molecule has 1 rings (SSSR count). The van der Waals surface area contributed by atoms with Crippen molar-refractivity contribution in [3.63, 3.8) is 0 Å². The molecule has 1 unspecified atom stereocenters. The van der Waals surface area contributed by atoms with Crippen molar-refractivity contribution in [2.75, 3.05) is 11.9 Å². The van der Waals surface area contributed by atoms with E-state index < -0.39 is 10.5 Å². The standard InChI is InChI=1S/C14H21ClN2O3/c1-10(2)6-7-14(3,18)9-16-12-5-4-11(15)8-13(12)17(19)20/h4-5,8,10,16,18H,6-7,9H2,1-3H3. The number of nitro benzene ring substituents is 1. The molecule has 1 aromatic carbocycles. The molecular formula is C14H21ClN2O3. The van der Waals surface area contributed by atoms with Crippen molar-refractivity contribution in [3.05, 3.63) is 33.3 Å². The first kappa shape index (κ1) is 16.7. The van der Waals surface area contributed by atoms with Gasteiger partial charge in [0.2, 0.25) is 0 Å². The molecule has 0 aliphatic carbocycles. The molecule has 0 saturated heterocycles. The molecule has 1 atom stereocenters. The van der Waals surface area contributed by atoms with Crippen LogP contribution in [-0.4, -0.2) is 22.2 Å². The minimum absolute atomic E-state index is 0.0860. The molecule has 6 heteroatoms. The van der Waals surface area contributed by atoms with Crippen LogP contribution < -0.4 is 5.32 Å². The highest BCUT2D eigenvalue weighted by Gasteiger charge is 2.22. The molecule has 0 amide bonds. The van der Waals surface area contributed by atoms with Gasteiger partial charge >= 0.3 is 0 Å². The molecule has 20 heavy (non-hydrogen) atoms. The number of benzene rings is 1. The SMILES string of the molecule is CC(C)CCC(C)(O)CNc1ccc(Cl)cc1[N+](=O)[O-]. The summed E-state index contributed by atoms with van der Waals surface area (Å²) in [4.78, 5) is 10.5. The van der Waals surface area contributed by atoms with Gasteiger partial charge in [0.1, 0.15) is 5.69 Å². The van der Waals surface area contributed by atoms with Crippen LogP contribution in [0, 0.1) is 16.0 Å². The van der Waals surface area contributed by atoms with Crippen LogP contribution in [0.3, 0.4) is 0 Å². The lowest BCUT2D eigenvalue weighted by Crippen LogP contribution is -2.33. The second kappa shape index (κ2) is 6.90. The molecule has 0 radical (unpaired) electrons. The molecule has 5 nitrogen and oxygen atoms in total. The lowest BCUT2D eigenvalue weighted by molar-refractivity contribution is -0.383. The second-order valence-corrected chi connectivity index (χ2v) is 6.14. The summed E-state index contributed by atoms with van der Waals surface area (Å²) < 4.78 is 0. The number of hydrogen-bond donors (Lipinski definition) is 2. The lowest BCUT2D eigenvalue weighted by atomic mass is 9.95. The van der Waals surface area contributed by atoms with Gasteiger partial charge < -0.3 is 10.4 Å². The summed E-state index contributed by atoms with van der Waals surface area (Å²) in [5.74, 6) is 0.506. The predicted molar refractivity (Wildman–Crippen MR) is 81.3 cm³/mol. The van der Waals surface area contributed by atoms with Crippen molar-refractivity contribution in [2.45, 2.75) is 39.2 Å². The van der Waals surface area contributed by atoms with Crippen molar-refractivity contribution in [1.82, 2.24) is 0 Å². The molecule has 0 aliphatic heterocycles. The van der Waals surface area contributed by atoms with Gasteiger partial charge in [0.25, 0.3) is 5.69 Å².